The molecule has 4 heteroatoms. The van der Waals surface area contributed by atoms with Crippen molar-refractivity contribution in [3.8, 4) is 0 Å². The first-order valence-corrected chi connectivity index (χ1v) is 7.57. The zero-order chi connectivity index (χ0) is 14.8. The first-order valence-electron chi connectivity index (χ1n) is 7.57. The molecule has 0 bridgehead atoms. The van der Waals surface area contributed by atoms with Crippen LogP contribution < -0.4 is 11.5 Å². The molecule has 1 fully saturated rings. The number of nitrogen functional groups attached to an aromatic ring is 2. The summed E-state index contributed by atoms with van der Waals surface area (Å²) in [6, 6.07) is 6.49. The highest BCUT2D eigenvalue weighted by molar-refractivity contribution is 5.55. The van der Waals surface area contributed by atoms with Gasteiger partial charge in [0.15, 0.2) is 0 Å². The third-order valence-corrected chi connectivity index (χ3v) is 4.80. The standard InChI is InChI=1S/C16H29N4/c1-13-12-19(9-10-20(13,2)3)8-4-5-14-11-15(17)6-7-16(14)18/h6-7,11,13H,4-5,8-10,12,17-18H2,1-3H3/q+1. The van der Waals surface area contributed by atoms with Crippen molar-refractivity contribution in [3.63, 3.8) is 0 Å². The number of nitrogens with two attached hydrogens (primary N) is 2. The van der Waals surface area contributed by atoms with Crippen LogP contribution >= 0.6 is 0 Å². The van der Waals surface area contributed by atoms with E-state index in [9.17, 15) is 0 Å². The number of quaternary nitrogens is 1. The second-order valence-electron chi connectivity index (χ2n) is 6.71. The molecule has 2 rings (SSSR count). The van der Waals surface area contributed by atoms with Gasteiger partial charge in [0.1, 0.15) is 0 Å². The van der Waals surface area contributed by atoms with E-state index in [1.807, 2.05) is 18.2 Å². The molecule has 1 aromatic rings. The summed E-state index contributed by atoms with van der Waals surface area (Å²) < 4.78 is 1.14. The molecule has 20 heavy (non-hydrogen) atoms. The average Bonchev–Trinajstić information content (AvgIpc) is 2.38. The molecule has 1 saturated heterocycles. The van der Waals surface area contributed by atoms with Crippen molar-refractivity contribution in [2.24, 2.45) is 0 Å². The molecule has 0 spiro atoms. The van der Waals surface area contributed by atoms with Crippen molar-refractivity contribution in [2.75, 3.05) is 51.7 Å². The van der Waals surface area contributed by atoms with Crippen LogP contribution in [0.3, 0.4) is 0 Å². The summed E-state index contributed by atoms with van der Waals surface area (Å²) in [5.74, 6) is 0. The van der Waals surface area contributed by atoms with Crippen LogP contribution in [-0.4, -0.2) is 55.7 Å². The third-order valence-electron chi connectivity index (χ3n) is 4.80. The second-order valence-corrected chi connectivity index (χ2v) is 6.71. The van der Waals surface area contributed by atoms with Gasteiger partial charge in [-0.25, -0.2) is 0 Å². The fourth-order valence-corrected chi connectivity index (χ4v) is 2.84. The number of nitrogens with zero attached hydrogens (tertiary/aromatic N) is 2. The Balaban J connectivity index is 1.81. The van der Waals surface area contributed by atoms with Crippen molar-refractivity contribution >= 4 is 11.4 Å². The molecular formula is C16H29N4+. The van der Waals surface area contributed by atoms with Crippen LogP contribution in [0.15, 0.2) is 18.2 Å². The summed E-state index contributed by atoms with van der Waals surface area (Å²) in [5.41, 5.74) is 14.7. The number of piperazine rings is 1. The molecule has 0 radical (unpaired) electrons. The van der Waals surface area contributed by atoms with Gasteiger partial charge in [0.25, 0.3) is 0 Å². The number of hydrogen-bond acceptors (Lipinski definition) is 3. The van der Waals surface area contributed by atoms with E-state index < -0.39 is 0 Å². The van der Waals surface area contributed by atoms with E-state index in [1.165, 1.54) is 25.2 Å². The molecule has 1 atom stereocenters. The van der Waals surface area contributed by atoms with Gasteiger partial charge in [-0.2, -0.15) is 0 Å². The van der Waals surface area contributed by atoms with Gasteiger partial charge in [-0.15, -0.1) is 0 Å². The van der Waals surface area contributed by atoms with Gasteiger partial charge in [0.05, 0.1) is 33.2 Å². The summed E-state index contributed by atoms with van der Waals surface area (Å²) in [6.45, 7) is 7.13. The minimum Gasteiger partial charge on any atom is -0.399 e. The van der Waals surface area contributed by atoms with Crippen molar-refractivity contribution in [2.45, 2.75) is 25.8 Å². The van der Waals surface area contributed by atoms with E-state index in [4.69, 9.17) is 11.5 Å². The number of rotatable bonds is 4. The Kier molecular flexibility index (Phi) is 4.55. The molecule has 1 aliphatic rings. The van der Waals surface area contributed by atoms with Crippen molar-refractivity contribution < 1.29 is 4.48 Å². The Labute approximate surface area is 122 Å². The van der Waals surface area contributed by atoms with Gasteiger partial charge in [0, 0.05) is 17.9 Å². The quantitative estimate of drug-likeness (QED) is 0.649. The van der Waals surface area contributed by atoms with E-state index >= 15 is 0 Å². The molecule has 0 amide bonds. The lowest BCUT2D eigenvalue weighted by atomic mass is 10.1. The van der Waals surface area contributed by atoms with Gasteiger partial charge in [0.2, 0.25) is 0 Å². The lowest BCUT2D eigenvalue weighted by molar-refractivity contribution is -0.917. The minimum atomic E-state index is 0.709. The predicted octanol–water partition coefficient (Wildman–Crippen LogP) is 1.56. The van der Waals surface area contributed by atoms with E-state index in [0.29, 0.717) is 6.04 Å². The molecular weight excluding hydrogens is 248 g/mol. The lowest BCUT2D eigenvalue weighted by Crippen LogP contribution is -2.60. The van der Waals surface area contributed by atoms with Crippen LogP contribution in [0.25, 0.3) is 0 Å². The van der Waals surface area contributed by atoms with Gasteiger partial charge in [-0.3, -0.25) is 4.90 Å². The molecule has 1 aliphatic heterocycles. The molecule has 4 nitrogen and oxygen atoms in total. The van der Waals surface area contributed by atoms with E-state index in [-0.39, 0.29) is 0 Å². The van der Waals surface area contributed by atoms with Crippen LogP contribution in [0, 0.1) is 0 Å². The maximum atomic E-state index is 5.99. The molecule has 1 aromatic carbocycles. The molecule has 0 aromatic heterocycles. The number of benzene rings is 1. The summed E-state index contributed by atoms with van der Waals surface area (Å²) in [5, 5.41) is 0. The molecule has 1 heterocycles. The van der Waals surface area contributed by atoms with Crippen molar-refractivity contribution in [1.29, 1.82) is 0 Å². The fourth-order valence-electron chi connectivity index (χ4n) is 2.84. The van der Waals surface area contributed by atoms with Crippen LogP contribution in [0.2, 0.25) is 0 Å². The topological polar surface area (TPSA) is 55.3 Å². The van der Waals surface area contributed by atoms with Crippen LogP contribution in [0.5, 0.6) is 0 Å². The molecule has 0 aliphatic carbocycles. The van der Waals surface area contributed by atoms with Crippen LogP contribution in [-0.2, 0) is 6.42 Å². The number of likely N-dealkylation sites (N-methyl/N-ethyl adjacent to an activating group) is 1. The average molecular weight is 277 g/mol. The summed E-state index contributed by atoms with van der Waals surface area (Å²) in [4.78, 5) is 2.58. The largest absolute Gasteiger partial charge is 0.399 e. The first kappa shape index (κ1) is 15.1. The van der Waals surface area contributed by atoms with Crippen LogP contribution in [0.4, 0.5) is 11.4 Å². The van der Waals surface area contributed by atoms with Gasteiger partial charge >= 0.3 is 0 Å². The minimum absolute atomic E-state index is 0.709. The number of aryl methyl sites for hydroxylation is 1. The summed E-state index contributed by atoms with van der Waals surface area (Å²) in [6.07, 6.45) is 2.16. The highest BCUT2D eigenvalue weighted by Crippen LogP contribution is 2.19. The monoisotopic (exact) mass is 277 g/mol. The Morgan fingerprint density at radius 3 is 2.75 bits per heavy atom. The maximum absolute atomic E-state index is 5.99. The fraction of sp³-hybridized carbons (Fsp3) is 0.625. The van der Waals surface area contributed by atoms with E-state index in [2.05, 4.69) is 25.9 Å². The number of hydrogen-bond donors (Lipinski definition) is 2. The lowest BCUT2D eigenvalue weighted by Gasteiger charge is -2.44. The molecule has 112 valence electrons. The maximum Gasteiger partial charge on any atom is 0.0986 e. The van der Waals surface area contributed by atoms with Gasteiger partial charge in [-0.05, 0) is 50.1 Å². The smallest absolute Gasteiger partial charge is 0.0986 e. The third kappa shape index (κ3) is 3.64. The second kappa shape index (κ2) is 6.02. The Morgan fingerprint density at radius 2 is 2.05 bits per heavy atom. The zero-order valence-electron chi connectivity index (χ0n) is 13.1. The Morgan fingerprint density at radius 1 is 1.30 bits per heavy atom. The predicted molar refractivity (Wildman–Crippen MR) is 86.5 cm³/mol. The first-order chi connectivity index (χ1) is 9.38. The van der Waals surface area contributed by atoms with Crippen LogP contribution in [0.1, 0.15) is 18.9 Å². The number of anilines is 2. The highest BCUT2D eigenvalue weighted by Gasteiger charge is 2.31. The van der Waals surface area contributed by atoms with Gasteiger partial charge < -0.3 is 16.0 Å². The molecule has 1 unspecified atom stereocenters. The highest BCUT2D eigenvalue weighted by atomic mass is 15.4. The van der Waals surface area contributed by atoms with Crippen molar-refractivity contribution in [3.05, 3.63) is 23.8 Å². The molecule has 0 saturated carbocycles. The van der Waals surface area contributed by atoms with Gasteiger partial charge in [-0.1, -0.05) is 0 Å². The normalized spacial score (nSPS) is 22.9. The summed E-state index contributed by atoms with van der Waals surface area (Å²) in [7, 11) is 4.66. The zero-order valence-corrected chi connectivity index (χ0v) is 13.1. The van der Waals surface area contributed by atoms with Crippen molar-refractivity contribution in [1.82, 2.24) is 4.90 Å². The van der Waals surface area contributed by atoms with E-state index in [1.54, 1.807) is 0 Å². The Hall–Kier alpha value is -1.26. The Bertz CT molecular complexity index is 456. The summed E-state index contributed by atoms with van der Waals surface area (Å²) >= 11 is 0. The SMILES string of the molecule is CC1CN(CCCc2cc(N)ccc2N)CC[N+]1(C)C. The van der Waals surface area contributed by atoms with E-state index in [0.717, 1.165) is 35.2 Å². The molecule has 4 N–H and O–H groups in total.